The molecule has 0 rings (SSSR count). The first kappa shape index (κ1) is 14.4. The van der Waals surface area contributed by atoms with Crippen LogP contribution in [0.25, 0.3) is 0 Å². The molecule has 0 aromatic carbocycles. The van der Waals surface area contributed by atoms with E-state index in [1.165, 1.54) is 14.0 Å². The van der Waals surface area contributed by atoms with E-state index in [2.05, 4.69) is 9.64 Å². The van der Waals surface area contributed by atoms with Gasteiger partial charge in [-0.25, -0.2) is 4.79 Å². The fourth-order valence-electron chi connectivity index (χ4n) is 1.60. The van der Waals surface area contributed by atoms with Gasteiger partial charge >= 0.3 is 5.97 Å². The summed E-state index contributed by atoms with van der Waals surface area (Å²) >= 11 is 0. The molecule has 0 fully saturated rings. The van der Waals surface area contributed by atoms with Gasteiger partial charge in [-0.3, -0.25) is 4.90 Å². The Bertz CT molecular complexity index is 204. The van der Waals surface area contributed by atoms with Crippen molar-refractivity contribution < 1.29 is 14.6 Å². The van der Waals surface area contributed by atoms with Gasteiger partial charge in [0.15, 0.2) is 5.60 Å². The van der Waals surface area contributed by atoms with Gasteiger partial charge in [-0.05, 0) is 34.6 Å². The van der Waals surface area contributed by atoms with Gasteiger partial charge in [0.1, 0.15) is 0 Å². The van der Waals surface area contributed by atoms with Crippen LogP contribution in [0.1, 0.15) is 34.6 Å². The number of methoxy groups -OCH3 is 1. The SMILES string of the molecule is COC(=O)C(C)(O)CN(C(C)C)C(C)C. The molecule has 0 aromatic rings. The lowest BCUT2D eigenvalue weighted by Gasteiger charge is -2.35. The molecule has 0 bridgehead atoms. The Morgan fingerprint density at radius 2 is 1.73 bits per heavy atom. The smallest absolute Gasteiger partial charge is 0.338 e. The van der Waals surface area contributed by atoms with Gasteiger partial charge in [-0.1, -0.05) is 0 Å². The lowest BCUT2D eigenvalue weighted by molar-refractivity contribution is -0.163. The number of ether oxygens (including phenoxy) is 1. The van der Waals surface area contributed by atoms with E-state index in [9.17, 15) is 9.90 Å². The van der Waals surface area contributed by atoms with E-state index >= 15 is 0 Å². The monoisotopic (exact) mass is 217 g/mol. The number of hydrogen-bond acceptors (Lipinski definition) is 4. The van der Waals surface area contributed by atoms with E-state index in [1.807, 2.05) is 27.7 Å². The van der Waals surface area contributed by atoms with Crippen molar-refractivity contribution >= 4 is 5.97 Å². The molecule has 0 saturated heterocycles. The minimum atomic E-state index is -1.44. The lowest BCUT2D eigenvalue weighted by Crippen LogP contribution is -2.51. The topological polar surface area (TPSA) is 49.8 Å². The van der Waals surface area contributed by atoms with Gasteiger partial charge in [-0.2, -0.15) is 0 Å². The van der Waals surface area contributed by atoms with Gasteiger partial charge in [0.2, 0.25) is 0 Å². The molecule has 90 valence electrons. The van der Waals surface area contributed by atoms with Crippen molar-refractivity contribution in [2.45, 2.75) is 52.3 Å². The molecule has 0 heterocycles. The molecule has 0 spiro atoms. The normalized spacial score (nSPS) is 15.9. The summed E-state index contributed by atoms with van der Waals surface area (Å²) in [5, 5.41) is 9.93. The summed E-state index contributed by atoms with van der Waals surface area (Å²) in [4.78, 5) is 13.4. The Hall–Kier alpha value is -0.610. The molecule has 0 saturated carbocycles. The van der Waals surface area contributed by atoms with Crippen molar-refractivity contribution in [3.05, 3.63) is 0 Å². The first-order chi connectivity index (χ1) is 6.72. The van der Waals surface area contributed by atoms with E-state index in [1.54, 1.807) is 0 Å². The van der Waals surface area contributed by atoms with E-state index in [0.29, 0.717) is 0 Å². The van der Waals surface area contributed by atoms with Crippen molar-refractivity contribution in [3.63, 3.8) is 0 Å². The van der Waals surface area contributed by atoms with Crippen LogP contribution in [0.5, 0.6) is 0 Å². The predicted octanol–water partition coefficient (Wildman–Crippen LogP) is 1.03. The summed E-state index contributed by atoms with van der Waals surface area (Å²) in [6, 6.07) is 0.558. The second-order valence-corrected chi connectivity index (χ2v) is 4.63. The third-order valence-electron chi connectivity index (χ3n) is 2.44. The van der Waals surface area contributed by atoms with E-state index in [4.69, 9.17) is 0 Å². The van der Waals surface area contributed by atoms with Crippen LogP contribution < -0.4 is 0 Å². The van der Waals surface area contributed by atoms with Crippen molar-refractivity contribution in [3.8, 4) is 0 Å². The Morgan fingerprint density at radius 1 is 1.33 bits per heavy atom. The molecule has 1 unspecified atom stereocenters. The maximum atomic E-state index is 11.3. The largest absolute Gasteiger partial charge is 0.467 e. The maximum Gasteiger partial charge on any atom is 0.338 e. The van der Waals surface area contributed by atoms with Crippen molar-refractivity contribution in [1.82, 2.24) is 4.90 Å². The molecule has 4 heteroatoms. The highest BCUT2D eigenvalue weighted by molar-refractivity contribution is 5.78. The van der Waals surface area contributed by atoms with Crippen LogP contribution in [0.3, 0.4) is 0 Å². The van der Waals surface area contributed by atoms with Crippen molar-refractivity contribution in [1.29, 1.82) is 0 Å². The van der Waals surface area contributed by atoms with Crippen LogP contribution in [0.2, 0.25) is 0 Å². The molecule has 4 nitrogen and oxygen atoms in total. The fourth-order valence-corrected chi connectivity index (χ4v) is 1.60. The number of aliphatic hydroxyl groups is 1. The van der Waals surface area contributed by atoms with Gasteiger partial charge in [0.05, 0.1) is 7.11 Å². The van der Waals surface area contributed by atoms with Gasteiger partial charge in [-0.15, -0.1) is 0 Å². The quantitative estimate of drug-likeness (QED) is 0.699. The van der Waals surface area contributed by atoms with Crippen LogP contribution in [-0.4, -0.2) is 47.3 Å². The first-order valence-corrected chi connectivity index (χ1v) is 5.29. The zero-order valence-electron chi connectivity index (χ0n) is 10.6. The third-order valence-corrected chi connectivity index (χ3v) is 2.44. The third kappa shape index (κ3) is 4.18. The maximum absolute atomic E-state index is 11.3. The minimum Gasteiger partial charge on any atom is -0.467 e. The van der Waals surface area contributed by atoms with Gasteiger partial charge in [0, 0.05) is 18.6 Å². The molecule has 0 aliphatic heterocycles. The molecular weight excluding hydrogens is 194 g/mol. The molecule has 0 aliphatic rings. The zero-order chi connectivity index (χ0) is 12.2. The number of carbonyl (C=O) groups is 1. The van der Waals surface area contributed by atoms with Crippen molar-refractivity contribution in [2.75, 3.05) is 13.7 Å². The second kappa shape index (κ2) is 5.47. The van der Waals surface area contributed by atoms with Crippen LogP contribution in [0, 0.1) is 0 Å². The summed E-state index contributed by atoms with van der Waals surface area (Å²) in [6.07, 6.45) is 0. The lowest BCUT2D eigenvalue weighted by atomic mass is 10.0. The van der Waals surface area contributed by atoms with E-state index < -0.39 is 11.6 Å². The highest BCUT2D eigenvalue weighted by Gasteiger charge is 2.35. The van der Waals surface area contributed by atoms with E-state index in [-0.39, 0.29) is 18.6 Å². The van der Waals surface area contributed by atoms with Gasteiger partial charge in [0.25, 0.3) is 0 Å². The van der Waals surface area contributed by atoms with Gasteiger partial charge < -0.3 is 9.84 Å². The Kier molecular flexibility index (Phi) is 5.24. The summed E-state index contributed by atoms with van der Waals surface area (Å²) in [5.41, 5.74) is -1.44. The number of nitrogens with zero attached hydrogens (tertiary/aromatic N) is 1. The number of rotatable bonds is 5. The van der Waals surface area contributed by atoms with Crippen LogP contribution in [0.15, 0.2) is 0 Å². The van der Waals surface area contributed by atoms with Crippen LogP contribution >= 0.6 is 0 Å². The molecule has 0 radical (unpaired) electrons. The summed E-state index contributed by atoms with van der Waals surface area (Å²) in [7, 11) is 1.28. The minimum absolute atomic E-state index is 0.279. The highest BCUT2D eigenvalue weighted by Crippen LogP contribution is 2.14. The highest BCUT2D eigenvalue weighted by atomic mass is 16.5. The number of esters is 1. The molecule has 15 heavy (non-hydrogen) atoms. The molecule has 0 aromatic heterocycles. The molecular formula is C11H23NO3. The first-order valence-electron chi connectivity index (χ1n) is 5.29. The Balaban J connectivity index is 4.59. The Morgan fingerprint density at radius 3 is 2.00 bits per heavy atom. The average molecular weight is 217 g/mol. The van der Waals surface area contributed by atoms with E-state index in [0.717, 1.165) is 0 Å². The summed E-state index contributed by atoms with van der Waals surface area (Å²) < 4.78 is 4.56. The van der Waals surface area contributed by atoms with Crippen LogP contribution in [-0.2, 0) is 9.53 Å². The standard InChI is InChI=1S/C11H23NO3/c1-8(2)12(9(3)4)7-11(5,14)10(13)15-6/h8-9,14H,7H2,1-6H3. The number of carbonyl (C=O) groups excluding carboxylic acids is 1. The zero-order valence-corrected chi connectivity index (χ0v) is 10.6. The second-order valence-electron chi connectivity index (χ2n) is 4.63. The molecule has 1 N–H and O–H groups in total. The summed E-state index contributed by atoms with van der Waals surface area (Å²) in [5.74, 6) is -0.589. The molecule has 0 amide bonds. The molecule has 0 aliphatic carbocycles. The number of hydrogen-bond donors (Lipinski definition) is 1. The van der Waals surface area contributed by atoms with Crippen LogP contribution in [0.4, 0.5) is 0 Å². The predicted molar refractivity (Wildman–Crippen MR) is 59.6 cm³/mol. The molecule has 1 atom stereocenters. The Labute approximate surface area is 92.2 Å². The average Bonchev–Trinajstić information content (AvgIpc) is 2.11. The summed E-state index contributed by atoms with van der Waals surface area (Å²) in [6.45, 7) is 9.91. The fraction of sp³-hybridized carbons (Fsp3) is 0.909. The van der Waals surface area contributed by atoms with Crippen molar-refractivity contribution in [2.24, 2.45) is 0 Å².